The largest absolute Gasteiger partial charge is 0.370 e. The highest BCUT2D eigenvalue weighted by Gasteiger charge is 2.36. The van der Waals surface area contributed by atoms with E-state index in [4.69, 9.17) is 10.00 Å². The van der Waals surface area contributed by atoms with Crippen LogP contribution in [0, 0.1) is 17.2 Å². The van der Waals surface area contributed by atoms with Crippen molar-refractivity contribution in [3.63, 3.8) is 0 Å². The molecule has 1 aliphatic heterocycles. The van der Waals surface area contributed by atoms with Gasteiger partial charge >= 0.3 is 0 Å². The summed E-state index contributed by atoms with van der Waals surface area (Å²) in [5, 5.41) is 8.95. The van der Waals surface area contributed by atoms with Crippen LogP contribution in [0.3, 0.4) is 0 Å². The Hall–Kier alpha value is -0.850. The fourth-order valence-corrected chi connectivity index (χ4v) is 2.89. The molecule has 0 radical (unpaired) electrons. The highest BCUT2D eigenvalue weighted by Crippen LogP contribution is 2.32. The molecule has 0 aromatic rings. The first-order chi connectivity index (χ1) is 7.50. The third-order valence-corrected chi connectivity index (χ3v) is 3.38. The molecular weight excluding hydrogens is 200 g/mol. The number of likely N-dealkylation sites (N-methyl/N-ethyl adjacent to an activating group) is 1. The summed E-state index contributed by atoms with van der Waals surface area (Å²) in [4.78, 5) is 2.31. The summed E-state index contributed by atoms with van der Waals surface area (Å²) in [6, 6.07) is 2.28. The molecule has 2 rings (SSSR count). The molecular formula is C13H20N2O. The van der Waals surface area contributed by atoms with Crippen molar-refractivity contribution in [1.82, 2.24) is 4.90 Å². The van der Waals surface area contributed by atoms with Crippen molar-refractivity contribution in [1.29, 1.82) is 5.26 Å². The van der Waals surface area contributed by atoms with Gasteiger partial charge in [0, 0.05) is 24.6 Å². The van der Waals surface area contributed by atoms with Crippen LogP contribution in [0.25, 0.3) is 0 Å². The first-order valence-corrected chi connectivity index (χ1v) is 5.97. The summed E-state index contributed by atoms with van der Waals surface area (Å²) in [7, 11) is 2.13. The van der Waals surface area contributed by atoms with Crippen molar-refractivity contribution in [2.45, 2.75) is 38.4 Å². The van der Waals surface area contributed by atoms with E-state index in [2.05, 4.69) is 37.9 Å². The van der Waals surface area contributed by atoms with Crippen molar-refractivity contribution < 1.29 is 4.74 Å². The topological polar surface area (TPSA) is 36.3 Å². The predicted octanol–water partition coefficient (Wildman–Crippen LogP) is 1.96. The molecule has 0 spiro atoms. The minimum atomic E-state index is -0.0772. The van der Waals surface area contributed by atoms with Crippen molar-refractivity contribution in [3.05, 3.63) is 11.6 Å². The number of rotatable bonds is 0. The van der Waals surface area contributed by atoms with Crippen molar-refractivity contribution in [3.8, 4) is 6.07 Å². The van der Waals surface area contributed by atoms with E-state index in [1.807, 2.05) is 0 Å². The molecule has 2 atom stereocenters. The number of hydrogen-bond donors (Lipinski definition) is 0. The third-order valence-electron chi connectivity index (χ3n) is 3.38. The van der Waals surface area contributed by atoms with Gasteiger partial charge in [0.05, 0.1) is 17.8 Å². The third kappa shape index (κ3) is 2.45. The van der Waals surface area contributed by atoms with Gasteiger partial charge in [-0.1, -0.05) is 6.08 Å². The molecule has 2 unspecified atom stereocenters. The number of nitriles is 1. The second kappa shape index (κ2) is 4.20. The van der Waals surface area contributed by atoms with Crippen LogP contribution in [0.4, 0.5) is 0 Å². The Morgan fingerprint density at radius 2 is 2.31 bits per heavy atom. The van der Waals surface area contributed by atoms with Crippen molar-refractivity contribution in [2.75, 3.05) is 20.1 Å². The lowest BCUT2D eigenvalue weighted by Crippen LogP contribution is -2.37. The van der Waals surface area contributed by atoms with Crippen molar-refractivity contribution in [2.24, 2.45) is 5.92 Å². The highest BCUT2D eigenvalue weighted by molar-refractivity contribution is 5.25. The maximum absolute atomic E-state index is 8.95. The smallest absolute Gasteiger partial charge is 0.0943 e. The van der Waals surface area contributed by atoms with Crippen molar-refractivity contribution >= 4 is 0 Å². The molecule has 16 heavy (non-hydrogen) atoms. The summed E-state index contributed by atoms with van der Waals surface area (Å²) >= 11 is 0. The molecule has 3 heteroatoms. The van der Waals surface area contributed by atoms with Gasteiger partial charge in [0.15, 0.2) is 0 Å². The summed E-state index contributed by atoms with van der Waals surface area (Å²) in [5.41, 5.74) is 0.851. The van der Waals surface area contributed by atoms with E-state index >= 15 is 0 Å². The first kappa shape index (κ1) is 11.6. The van der Waals surface area contributed by atoms with Gasteiger partial charge in [0.2, 0.25) is 0 Å². The Bertz CT molecular complexity index is 340. The zero-order valence-corrected chi connectivity index (χ0v) is 10.4. The molecule has 1 aliphatic carbocycles. The maximum Gasteiger partial charge on any atom is 0.0943 e. The van der Waals surface area contributed by atoms with E-state index in [9.17, 15) is 0 Å². The normalized spacial score (nSPS) is 34.5. The number of ether oxygens (including phenoxy) is 1. The quantitative estimate of drug-likeness (QED) is 0.626. The van der Waals surface area contributed by atoms with Gasteiger partial charge in [-0.15, -0.1) is 0 Å². The van der Waals surface area contributed by atoms with Gasteiger partial charge < -0.3 is 9.64 Å². The highest BCUT2D eigenvalue weighted by atomic mass is 16.5. The lowest BCUT2D eigenvalue weighted by Gasteiger charge is -2.32. The average Bonchev–Trinajstić information content (AvgIpc) is 2.29. The molecule has 0 bridgehead atoms. The van der Waals surface area contributed by atoms with Crippen LogP contribution in [0.2, 0.25) is 0 Å². The van der Waals surface area contributed by atoms with E-state index in [1.54, 1.807) is 0 Å². The Kier molecular flexibility index (Phi) is 3.05. The van der Waals surface area contributed by atoms with Gasteiger partial charge in [-0.2, -0.15) is 5.26 Å². The molecule has 88 valence electrons. The summed E-state index contributed by atoms with van der Waals surface area (Å²) in [5.74, 6) is 0.384. The average molecular weight is 220 g/mol. The molecule has 3 nitrogen and oxygen atoms in total. The minimum absolute atomic E-state index is 0.0772. The first-order valence-electron chi connectivity index (χ1n) is 5.97. The van der Waals surface area contributed by atoms with E-state index in [0.717, 1.165) is 31.5 Å². The van der Waals surface area contributed by atoms with Crippen LogP contribution >= 0.6 is 0 Å². The van der Waals surface area contributed by atoms with Crippen LogP contribution in [-0.2, 0) is 4.74 Å². The molecule has 0 N–H and O–H groups in total. The molecule has 2 aliphatic rings. The molecule has 1 fully saturated rings. The summed E-state index contributed by atoms with van der Waals surface area (Å²) < 4.78 is 6.17. The summed E-state index contributed by atoms with van der Waals surface area (Å²) in [6.07, 6.45) is 4.27. The second-order valence-electron chi connectivity index (χ2n) is 5.62. The van der Waals surface area contributed by atoms with Crippen LogP contribution in [-0.4, -0.2) is 36.7 Å². The fourth-order valence-electron chi connectivity index (χ4n) is 2.89. The van der Waals surface area contributed by atoms with E-state index in [1.165, 1.54) is 0 Å². The number of nitrogens with zero attached hydrogens (tertiary/aromatic N) is 2. The fraction of sp³-hybridized carbons (Fsp3) is 0.769. The Morgan fingerprint density at radius 3 is 3.00 bits per heavy atom. The van der Waals surface area contributed by atoms with Crippen LogP contribution in [0.15, 0.2) is 11.6 Å². The number of allylic oxidation sites excluding steroid dienone is 1. The lowest BCUT2D eigenvalue weighted by molar-refractivity contribution is -0.0793. The second-order valence-corrected chi connectivity index (χ2v) is 5.62. The summed E-state index contributed by atoms with van der Waals surface area (Å²) in [6.45, 7) is 6.25. The molecule has 1 heterocycles. The van der Waals surface area contributed by atoms with Gasteiger partial charge in [-0.05, 0) is 33.7 Å². The Morgan fingerprint density at radius 1 is 1.56 bits per heavy atom. The van der Waals surface area contributed by atoms with Gasteiger partial charge in [-0.3, -0.25) is 0 Å². The predicted molar refractivity (Wildman–Crippen MR) is 62.9 cm³/mol. The molecule has 1 saturated heterocycles. The Balaban J connectivity index is 2.20. The van der Waals surface area contributed by atoms with Gasteiger partial charge in [0.1, 0.15) is 0 Å². The van der Waals surface area contributed by atoms with E-state index in [-0.39, 0.29) is 11.7 Å². The molecule has 0 amide bonds. The zero-order valence-electron chi connectivity index (χ0n) is 10.4. The SMILES string of the molecule is CN1CC2C=C(C#N)CCC2OC(C)(C)C1. The Labute approximate surface area is 97.7 Å². The van der Waals surface area contributed by atoms with E-state index < -0.39 is 0 Å². The maximum atomic E-state index is 8.95. The number of fused-ring (bicyclic) bond motifs is 1. The zero-order chi connectivity index (χ0) is 11.8. The van der Waals surface area contributed by atoms with E-state index in [0.29, 0.717) is 5.92 Å². The van der Waals surface area contributed by atoms with Crippen LogP contribution < -0.4 is 0 Å². The van der Waals surface area contributed by atoms with Crippen LogP contribution in [0.5, 0.6) is 0 Å². The monoisotopic (exact) mass is 220 g/mol. The molecule has 0 saturated carbocycles. The van der Waals surface area contributed by atoms with Gasteiger partial charge in [-0.25, -0.2) is 0 Å². The van der Waals surface area contributed by atoms with Gasteiger partial charge in [0.25, 0.3) is 0 Å². The molecule has 0 aromatic carbocycles. The standard InChI is InChI=1S/C13H20N2O/c1-13(2)9-15(3)8-11-6-10(7-14)4-5-12(11)16-13/h6,11-12H,4-5,8-9H2,1-3H3. The molecule has 0 aromatic heterocycles. The van der Waals surface area contributed by atoms with Crippen LogP contribution in [0.1, 0.15) is 26.7 Å². The minimum Gasteiger partial charge on any atom is -0.370 e. The lowest BCUT2D eigenvalue weighted by atomic mass is 9.88. The number of hydrogen-bond acceptors (Lipinski definition) is 3.